The SMILES string of the molecule is CCN(CCC#N)S(=O)(=O)Cc1cccc(C)c1. The number of sulfonamides is 1. The van der Waals surface area contributed by atoms with Gasteiger partial charge in [0.25, 0.3) is 0 Å². The summed E-state index contributed by atoms with van der Waals surface area (Å²) in [6.45, 7) is 4.38. The first-order valence-corrected chi connectivity index (χ1v) is 7.51. The Morgan fingerprint density at radius 2 is 2.11 bits per heavy atom. The van der Waals surface area contributed by atoms with Crippen LogP contribution in [0.5, 0.6) is 0 Å². The second-order valence-electron chi connectivity index (χ2n) is 4.15. The highest BCUT2D eigenvalue weighted by Gasteiger charge is 2.20. The minimum Gasteiger partial charge on any atom is -0.212 e. The predicted molar refractivity (Wildman–Crippen MR) is 71.3 cm³/mol. The second-order valence-corrected chi connectivity index (χ2v) is 6.11. The third kappa shape index (κ3) is 4.13. The fraction of sp³-hybridized carbons (Fsp3) is 0.462. The van der Waals surface area contributed by atoms with E-state index in [1.54, 1.807) is 6.92 Å². The average molecular weight is 266 g/mol. The van der Waals surface area contributed by atoms with E-state index < -0.39 is 10.0 Å². The number of nitrogens with zero attached hydrogens (tertiary/aromatic N) is 2. The summed E-state index contributed by atoms with van der Waals surface area (Å²) in [5.41, 5.74) is 1.83. The molecule has 1 aromatic rings. The van der Waals surface area contributed by atoms with Crippen LogP contribution in [0.25, 0.3) is 0 Å². The fourth-order valence-corrected chi connectivity index (χ4v) is 3.32. The molecule has 0 amide bonds. The lowest BCUT2D eigenvalue weighted by Crippen LogP contribution is -2.32. The van der Waals surface area contributed by atoms with Gasteiger partial charge in [0.05, 0.1) is 11.8 Å². The molecule has 0 aliphatic heterocycles. The van der Waals surface area contributed by atoms with E-state index in [2.05, 4.69) is 0 Å². The lowest BCUT2D eigenvalue weighted by atomic mass is 10.2. The van der Waals surface area contributed by atoms with Crippen molar-refractivity contribution >= 4 is 10.0 Å². The molecule has 5 heteroatoms. The van der Waals surface area contributed by atoms with Crippen molar-refractivity contribution < 1.29 is 8.42 Å². The van der Waals surface area contributed by atoms with E-state index in [0.29, 0.717) is 6.54 Å². The molecule has 1 aromatic carbocycles. The van der Waals surface area contributed by atoms with Crippen LogP contribution in [0.2, 0.25) is 0 Å². The van der Waals surface area contributed by atoms with Crippen molar-refractivity contribution in [1.82, 2.24) is 4.31 Å². The summed E-state index contributed by atoms with van der Waals surface area (Å²) in [6, 6.07) is 9.44. The zero-order valence-electron chi connectivity index (χ0n) is 10.8. The maximum Gasteiger partial charge on any atom is 0.218 e. The summed E-state index contributed by atoms with van der Waals surface area (Å²) in [5, 5.41) is 8.53. The van der Waals surface area contributed by atoms with E-state index in [0.717, 1.165) is 11.1 Å². The van der Waals surface area contributed by atoms with Gasteiger partial charge in [0.1, 0.15) is 0 Å². The topological polar surface area (TPSA) is 61.2 Å². The number of hydrogen-bond donors (Lipinski definition) is 0. The van der Waals surface area contributed by atoms with E-state index in [-0.39, 0.29) is 18.7 Å². The highest BCUT2D eigenvalue weighted by Crippen LogP contribution is 2.12. The lowest BCUT2D eigenvalue weighted by molar-refractivity contribution is 0.434. The molecule has 0 radical (unpaired) electrons. The van der Waals surface area contributed by atoms with Crippen LogP contribution in [-0.2, 0) is 15.8 Å². The molecule has 1 rings (SSSR count). The van der Waals surface area contributed by atoms with Crippen molar-refractivity contribution in [2.75, 3.05) is 13.1 Å². The number of nitriles is 1. The maximum absolute atomic E-state index is 12.2. The standard InChI is InChI=1S/C13H18N2O2S/c1-3-15(9-5-8-14)18(16,17)11-13-7-4-6-12(2)10-13/h4,6-7,10H,3,5,9,11H2,1-2H3. The van der Waals surface area contributed by atoms with Crippen molar-refractivity contribution in [2.24, 2.45) is 0 Å². The van der Waals surface area contributed by atoms with Crippen LogP contribution in [0.4, 0.5) is 0 Å². The van der Waals surface area contributed by atoms with Crippen LogP contribution in [0.1, 0.15) is 24.5 Å². The van der Waals surface area contributed by atoms with Crippen molar-refractivity contribution in [3.8, 4) is 6.07 Å². The fourth-order valence-electron chi connectivity index (χ4n) is 1.77. The van der Waals surface area contributed by atoms with Gasteiger partial charge in [-0.05, 0) is 12.5 Å². The zero-order valence-corrected chi connectivity index (χ0v) is 11.6. The Balaban J connectivity index is 2.83. The molecule has 0 bridgehead atoms. The van der Waals surface area contributed by atoms with Crippen LogP contribution in [-0.4, -0.2) is 25.8 Å². The molecule has 0 fully saturated rings. The Labute approximate surface area is 109 Å². The summed E-state index contributed by atoms with van der Waals surface area (Å²) in [4.78, 5) is 0. The molecule has 0 aliphatic carbocycles. The van der Waals surface area contributed by atoms with Crippen molar-refractivity contribution in [1.29, 1.82) is 5.26 Å². The molecule has 0 heterocycles. The van der Waals surface area contributed by atoms with Gasteiger partial charge < -0.3 is 0 Å². The summed E-state index contributed by atoms with van der Waals surface area (Å²) < 4.78 is 25.7. The van der Waals surface area contributed by atoms with E-state index in [1.807, 2.05) is 37.3 Å². The summed E-state index contributed by atoms with van der Waals surface area (Å²) in [7, 11) is -3.33. The van der Waals surface area contributed by atoms with Crippen LogP contribution in [0, 0.1) is 18.3 Å². The first kappa shape index (κ1) is 14.7. The quantitative estimate of drug-likeness (QED) is 0.791. The summed E-state index contributed by atoms with van der Waals surface area (Å²) in [5.74, 6) is -0.00600. The van der Waals surface area contributed by atoms with Gasteiger partial charge in [0.2, 0.25) is 10.0 Å². The zero-order chi connectivity index (χ0) is 13.6. The number of benzene rings is 1. The Hall–Kier alpha value is -1.38. The normalized spacial score (nSPS) is 11.4. The molecule has 0 saturated carbocycles. The number of rotatable bonds is 6. The molecule has 0 unspecified atom stereocenters. The highest BCUT2D eigenvalue weighted by molar-refractivity contribution is 7.88. The van der Waals surface area contributed by atoms with E-state index in [9.17, 15) is 8.42 Å². The molecule has 0 atom stereocenters. The summed E-state index contributed by atoms with van der Waals surface area (Å²) >= 11 is 0. The van der Waals surface area contributed by atoms with Crippen molar-refractivity contribution in [2.45, 2.75) is 26.0 Å². The van der Waals surface area contributed by atoms with Crippen LogP contribution >= 0.6 is 0 Å². The molecule has 4 nitrogen and oxygen atoms in total. The first-order chi connectivity index (χ1) is 8.49. The van der Waals surface area contributed by atoms with Gasteiger partial charge in [-0.15, -0.1) is 0 Å². The first-order valence-electron chi connectivity index (χ1n) is 5.90. The Morgan fingerprint density at radius 3 is 2.67 bits per heavy atom. The Kier molecular flexibility index (Phi) is 5.32. The minimum atomic E-state index is -3.33. The van der Waals surface area contributed by atoms with E-state index >= 15 is 0 Å². The molecular formula is C13H18N2O2S. The third-order valence-electron chi connectivity index (χ3n) is 2.65. The molecule has 98 valence electrons. The minimum absolute atomic E-state index is 0.00600. The number of aryl methyl sites for hydroxylation is 1. The molecule has 18 heavy (non-hydrogen) atoms. The molecule has 0 saturated heterocycles. The second kappa shape index (κ2) is 6.53. The molecule has 0 spiro atoms. The Morgan fingerprint density at radius 1 is 1.39 bits per heavy atom. The van der Waals surface area contributed by atoms with Gasteiger partial charge in [-0.2, -0.15) is 5.26 Å². The van der Waals surface area contributed by atoms with Gasteiger partial charge in [0, 0.05) is 19.5 Å². The van der Waals surface area contributed by atoms with Crippen LogP contribution in [0.3, 0.4) is 0 Å². The van der Waals surface area contributed by atoms with Gasteiger partial charge in [0.15, 0.2) is 0 Å². The molecule has 0 N–H and O–H groups in total. The molecular weight excluding hydrogens is 248 g/mol. The van der Waals surface area contributed by atoms with Crippen LogP contribution < -0.4 is 0 Å². The molecule has 0 aliphatic rings. The van der Waals surface area contributed by atoms with Gasteiger partial charge in [-0.25, -0.2) is 12.7 Å². The van der Waals surface area contributed by atoms with E-state index in [1.165, 1.54) is 4.31 Å². The van der Waals surface area contributed by atoms with Crippen molar-refractivity contribution in [3.63, 3.8) is 0 Å². The largest absolute Gasteiger partial charge is 0.218 e. The van der Waals surface area contributed by atoms with Gasteiger partial charge in [-0.3, -0.25) is 0 Å². The summed E-state index contributed by atoms with van der Waals surface area (Å²) in [6.07, 6.45) is 0.223. The van der Waals surface area contributed by atoms with Crippen molar-refractivity contribution in [3.05, 3.63) is 35.4 Å². The highest BCUT2D eigenvalue weighted by atomic mass is 32.2. The predicted octanol–water partition coefficient (Wildman–Crippen LogP) is 2.06. The lowest BCUT2D eigenvalue weighted by Gasteiger charge is -2.19. The number of hydrogen-bond acceptors (Lipinski definition) is 3. The average Bonchev–Trinajstić information content (AvgIpc) is 2.29. The van der Waals surface area contributed by atoms with Crippen LogP contribution in [0.15, 0.2) is 24.3 Å². The Bertz CT molecular complexity index is 532. The maximum atomic E-state index is 12.2. The van der Waals surface area contributed by atoms with E-state index in [4.69, 9.17) is 5.26 Å². The van der Waals surface area contributed by atoms with Gasteiger partial charge in [-0.1, -0.05) is 36.8 Å². The third-order valence-corrected chi connectivity index (χ3v) is 4.58. The van der Waals surface area contributed by atoms with Gasteiger partial charge >= 0.3 is 0 Å². The molecule has 0 aromatic heterocycles. The monoisotopic (exact) mass is 266 g/mol. The smallest absolute Gasteiger partial charge is 0.212 e.